The maximum Gasteiger partial charge on any atom is 0.177 e. The molecule has 0 saturated heterocycles. The monoisotopic (exact) mass is 272 g/mol. The number of hydrogen-bond acceptors (Lipinski definition) is 5. The zero-order valence-corrected chi connectivity index (χ0v) is 10.9. The molecule has 0 amide bonds. The number of nitrogens with two attached hydrogens (primary N) is 1. The molecule has 0 bridgehead atoms. The van der Waals surface area contributed by atoms with Gasteiger partial charge in [0.1, 0.15) is 18.1 Å². The molecule has 19 heavy (non-hydrogen) atoms. The van der Waals surface area contributed by atoms with Gasteiger partial charge in [0.05, 0.1) is 10.6 Å². The predicted molar refractivity (Wildman–Crippen MR) is 75.0 cm³/mol. The minimum atomic E-state index is 0.336. The molecule has 0 aliphatic heterocycles. The number of anilines is 1. The lowest BCUT2D eigenvalue weighted by Crippen LogP contribution is -1.98. The van der Waals surface area contributed by atoms with Crippen molar-refractivity contribution >= 4 is 17.0 Å². The summed E-state index contributed by atoms with van der Waals surface area (Å²) in [4.78, 5) is 1.05. The molecule has 3 rings (SSSR count). The Morgan fingerprint density at radius 2 is 2.11 bits per heavy atom. The molecular formula is C14H12N2O2S. The van der Waals surface area contributed by atoms with Crippen LogP contribution in [0.25, 0.3) is 10.6 Å². The van der Waals surface area contributed by atoms with E-state index in [2.05, 4.69) is 5.16 Å². The summed E-state index contributed by atoms with van der Waals surface area (Å²) < 4.78 is 10.9. The summed E-state index contributed by atoms with van der Waals surface area (Å²) >= 11 is 1.61. The number of ether oxygens (including phenoxy) is 1. The summed E-state index contributed by atoms with van der Waals surface area (Å²) in [6.07, 6.45) is 0. The van der Waals surface area contributed by atoms with Crippen molar-refractivity contribution < 1.29 is 9.26 Å². The molecule has 2 aromatic heterocycles. The van der Waals surface area contributed by atoms with Gasteiger partial charge in [0.25, 0.3) is 0 Å². The van der Waals surface area contributed by atoms with Gasteiger partial charge < -0.3 is 15.0 Å². The molecular weight excluding hydrogens is 260 g/mol. The summed E-state index contributed by atoms with van der Waals surface area (Å²) in [5.74, 6) is 1.41. The SMILES string of the molecule is Nc1ccccc1OCc1cc(-c2cccs2)on1. The zero-order chi connectivity index (χ0) is 13.1. The molecule has 0 saturated carbocycles. The van der Waals surface area contributed by atoms with E-state index >= 15 is 0 Å². The molecule has 5 heteroatoms. The van der Waals surface area contributed by atoms with Gasteiger partial charge in [-0.3, -0.25) is 0 Å². The smallest absolute Gasteiger partial charge is 0.177 e. The van der Waals surface area contributed by atoms with E-state index in [4.69, 9.17) is 15.0 Å². The van der Waals surface area contributed by atoms with E-state index in [0.29, 0.717) is 18.0 Å². The molecule has 0 unspecified atom stereocenters. The number of para-hydroxylation sites is 2. The van der Waals surface area contributed by atoms with Crippen LogP contribution in [0.1, 0.15) is 5.69 Å². The van der Waals surface area contributed by atoms with Gasteiger partial charge in [0.2, 0.25) is 0 Å². The normalized spacial score (nSPS) is 10.5. The van der Waals surface area contributed by atoms with Crippen LogP contribution in [0.4, 0.5) is 5.69 Å². The zero-order valence-electron chi connectivity index (χ0n) is 10.1. The third-order valence-electron chi connectivity index (χ3n) is 2.62. The third-order valence-corrected chi connectivity index (χ3v) is 3.50. The molecule has 2 heterocycles. The Hall–Kier alpha value is -2.27. The molecule has 0 radical (unpaired) electrons. The Bertz CT molecular complexity index is 662. The van der Waals surface area contributed by atoms with Crippen LogP contribution in [0.15, 0.2) is 52.4 Å². The summed E-state index contributed by atoms with van der Waals surface area (Å²) in [6, 6.07) is 13.2. The molecule has 0 atom stereocenters. The van der Waals surface area contributed by atoms with E-state index in [-0.39, 0.29) is 0 Å². The maximum absolute atomic E-state index is 5.80. The van der Waals surface area contributed by atoms with Crippen molar-refractivity contribution in [3.63, 3.8) is 0 Å². The van der Waals surface area contributed by atoms with Gasteiger partial charge in [-0.1, -0.05) is 23.4 Å². The standard InChI is InChI=1S/C14H12N2O2S/c15-11-4-1-2-5-12(11)17-9-10-8-13(18-16-10)14-6-3-7-19-14/h1-8H,9,15H2. The van der Waals surface area contributed by atoms with Gasteiger partial charge in [-0.05, 0) is 23.6 Å². The molecule has 0 spiro atoms. The van der Waals surface area contributed by atoms with Crippen molar-refractivity contribution in [2.75, 3.05) is 5.73 Å². The van der Waals surface area contributed by atoms with Gasteiger partial charge in [-0.25, -0.2) is 0 Å². The Morgan fingerprint density at radius 1 is 1.21 bits per heavy atom. The van der Waals surface area contributed by atoms with E-state index in [0.717, 1.165) is 16.3 Å². The first-order valence-electron chi connectivity index (χ1n) is 5.80. The lowest BCUT2D eigenvalue weighted by molar-refractivity contribution is 0.291. The van der Waals surface area contributed by atoms with Crippen LogP contribution >= 0.6 is 11.3 Å². The van der Waals surface area contributed by atoms with Gasteiger partial charge in [-0.2, -0.15) is 0 Å². The summed E-state index contributed by atoms with van der Waals surface area (Å²) in [5, 5.41) is 5.98. The highest BCUT2D eigenvalue weighted by Crippen LogP contribution is 2.26. The summed E-state index contributed by atoms with van der Waals surface area (Å²) in [6.45, 7) is 0.336. The fraction of sp³-hybridized carbons (Fsp3) is 0.0714. The summed E-state index contributed by atoms with van der Waals surface area (Å²) in [7, 11) is 0. The quantitative estimate of drug-likeness (QED) is 0.738. The van der Waals surface area contributed by atoms with Crippen molar-refractivity contribution in [3.05, 3.63) is 53.5 Å². The van der Waals surface area contributed by atoms with Gasteiger partial charge in [-0.15, -0.1) is 11.3 Å². The number of nitrogens with zero attached hydrogens (tertiary/aromatic N) is 1. The van der Waals surface area contributed by atoms with Crippen LogP contribution in [0.3, 0.4) is 0 Å². The molecule has 0 fully saturated rings. The van der Waals surface area contributed by atoms with E-state index in [1.807, 2.05) is 41.8 Å². The highest BCUT2D eigenvalue weighted by molar-refractivity contribution is 7.13. The van der Waals surface area contributed by atoms with E-state index in [1.165, 1.54) is 0 Å². The second-order valence-electron chi connectivity index (χ2n) is 3.99. The number of benzene rings is 1. The largest absolute Gasteiger partial charge is 0.485 e. The van der Waals surface area contributed by atoms with Crippen molar-refractivity contribution in [1.29, 1.82) is 0 Å². The first-order valence-corrected chi connectivity index (χ1v) is 6.67. The average Bonchev–Trinajstić information content (AvgIpc) is 3.09. The van der Waals surface area contributed by atoms with E-state index in [9.17, 15) is 0 Å². The second kappa shape index (κ2) is 5.16. The van der Waals surface area contributed by atoms with Crippen LogP contribution in [0.5, 0.6) is 5.75 Å². The molecule has 2 N–H and O–H groups in total. The van der Waals surface area contributed by atoms with Crippen LogP contribution in [-0.4, -0.2) is 5.16 Å². The number of aromatic nitrogens is 1. The predicted octanol–water partition coefficient (Wildman–Crippen LogP) is 3.56. The summed E-state index contributed by atoms with van der Waals surface area (Å²) in [5.41, 5.74) is 7.16. The molecule has 4 nitrogen and oxygen atoms in total. The fourth-order valence-electron chi connectivity index (χ4n) is 1.68. The Morgan fingerprint density at radius 3 is 2.89 bits per heavy atom. The minimum absolute atomic E-state index is 0.336. The van der Waals surface area contributed by atoms with Crippen LogP contribution in [0.2, 0.25) is 0 Å². The van der Waals surface area contributed by atoms with Gasteiger partial charge in [0.15, 0.2) is 5.76 Å². The minimum Gasteiger partial charge on any atom is -0.485 e. The molecule has 96 valence electrons. The van der Waals surface area contributed by atoms with Gasteiger partial charge >= 0.3 is 0 Å². The highest BCUT2D eigenvalue weighted by atomic mass is 32.1. The van der Waals surface area contributed by atoms with Crippen LogP contribution in [0, 0.1) is 0 Å². The van der Waals surface area contributed by atoms with E-state index in [1.54, 1.807) is 17.4 Å². The van der Waals surface area contributed by atoms with Crippen LogP contribution < -0.4 is 10.5 Å². The van der Waals surface area contributed by atoms with Crippen LogP contribution in [-0.2, 0) is 6.61 Å². The van der Waals surface area contributed by atoms with Crippen molar-refractivity contribution in [3.8, 4) is 16.4 Å². The highest BCUT2D eigenvalue weighted by Gasteiger charge is 2.08. The number of nitrogen functional groups attached to an aromatic ring is 1. The second-order valence-corrected chi connectivity index (χ2v) is 4.93. The Kier molecular flexibility index (Phi) is 3.20. The average molecular weight is 272 g/mol. The van der Waals surface area contributed by atoms with Gasteiger partial charge in [0, 0.05) is 6.07 Å². The topological polar surface area (TPSA) is 61.3 Å². The Labute approximate surface area is 114 Å². The first-order chi connectivity index (χ1) is 9.33. The molecule has 0 aliphatic rings. The molecule has 1 aromatic carbocycles. The molecule has 0 aliphatic carbocycles. The number of hydrogen-bond donors (Lipinski definition) is 1. The number of rotatable bonds is 4. The maximum atomic E-state index is 5.80. The number of thiophene rings is 1. The van der Waals surface area contributed by atoms with Crippen molar-refractivity contribution in [1.82, 2.24) is 5.16 Å². The van der Waals surface area contributed by atoms with Crippen molar-refractivity contribution in [2.45, 2.75) is 6.61 Å². The van der Waals surface area contributed by atoms with Crippen molar-refractivity contribution in [2.24, 2.45) is 0 Å². The Balaban J connectivity index is 1.70. The van der Waals surface area contributed by atoms with E-state index < -0.39 is 0 Å². The molecule has 3 aromatic rings. The third kappa shape index (κ3) is 2.61. The first kappa shape index (κ1) is 11.8. The lowest BCUT2D eigenvalue weighted by atomic mass is 10.3. The lowest BCUT2D eigenvalue weighted by Gasteiger charge is -2.05. The fourth-order valence-corrected chi connectivity index (χ4v) is 2.35.